The summed E-state index contributed by atoms with van der Waals surface area (Å²) in [5.74, 6) is 0.522. The van der Waals surface area contributed by atoms with Crippen molar-refractivity contribution in [1.82, 2.24) is 0 Å². The Hall–Kier alpha value is -0.747. The second-order valence-electron chi connectivity index (χ2n) is 13.3. The molecule has 37 heavy (non-hydrogen) atoms. The topological polar surface area (TPSA) is 0 Å². The van der Waals surface area contributed by atoms with Crippen LogP contribution < -0.4 is 0 Å². The first-order valence-corrected chi connectivity index (χ1v) is 14.1. The van der Waals surface area contributed by atoms with Gasteiger partial charge < -0.3 is 0 Å². The number of fused-ring (bicyclic) bond motifs is 3. The summed E-state index contributed by atoms with van der Waals surface area (Å²) in [4.78, 5) is 0. The predicted octanol–water partition coefficient (Wildman–Crippen LogP) is 10.2. The second-order valence-corrected chi connectivity index (χ2v) is 15.8. The van der Waals surface area contributed by atoms with Gasteiger partial charge in [-0.1, -0.05) is 115 Å². The molecule has 0 saturated heterocycles. The Bertz CT molecular complexity index is 1050. The first-order valence-electron chi connectivity index (χ1n) is 12.9. The fraction of sp³-hybridized carbons (Fsp3) is 0.500. The Balaban J connectivity index is 0.000000684. The molecule has 2 aliphatic rings. The SMILES string of the molecule is CC(C)(C)c1c[c-]c2c(c1)-c1cc(C(C)(C)C)ccc1C2.CC1[C-]=CC(C(C)(C)C)=C1.C[C](C)=[Zr+2].Cl.Cl. The molecular formula is C34H48Cl2Zr. The number of rotatable bonds is 0. The Labute approximate surface area is 256 Å². The van der Waals surface area contributed by atoms with Crippen LogP contribution in [0.5, 0.6) is 0 Å². The first-order chi connectivity index (χ1) is 15.9. The molecular weight excluding hydrogens is 571 g/mol. The fourth-order valence-corrected chi connectivity index (χ4v) is 4.04. The van der Waals surface area contributed by atoms with Crippen LogP contribution in [0.4, 0.5) is 0 Å². The van der Waals surface area contributed by atoms with Gasteiger partial charge in [-0.2, -0.15) is 41.0 Å². The minimum atomic E-state index is 0. The summed E-state index contributed by atoms with van der Waals surface area (Å²) in [6.45, 7) is 26.7. The molecule has 0 aliphatic heterocycles. The van der Waals surface area contributed by atoms with Gasteiger partial charge in [-0.3, -0.25) is 6.08 Å². The molecule has 1 unspecified atom stereocenters. The number of benzene rings is 2. The zero-order valence-electron chi connectivity index (χ0n) is 25.1. The van der Waals surface area contributed by atoms with Crippen molar-refractivity contribution < 1.29 is 24.2 Å². The van der Waals surface area contributed by atoms with Crippen LogP contribution in [0.1, 0.15) is 105 Å². The van der Waals surface area contributed by atoms with Gasteiger partial charge in [0.05, 0.1) is 0 Å². The zero-order valence-corrected chi connectivity index (χ0v) is 29.2. The molecule has 0 saturated carbocycles. The summed E-state index contributed by atoms with van der Waals surface area (Å²) < 4.78 is 1.51. The molecule has 4 rings (SSSR count). The molecule has 2 aromatic carbocycles. The van der Waals surface area contributed by atoms with E-state index in [4.69, 9.17) is 0 Å². The Morgan fingerprint density at radius 1 is 0.811 bits per heavy atom. The van der Waals surface area contributed by atoms with Crippen molar-refractivity contribution in [2.45, 2.75) is 100 Å². The fourth-order valence-electron chi connectivity index (χ4n) is 4.04. The molecule has 0 nitrogen and oxygen atoms in total. The number of halogens is 2. The van der Waals surface area contributed by atoms with Crippen molar-refractivity contribution in [1.29, 1.82) is 0 Å². The molecule has 3 heteroatoms. The molecule has 0 aromatic heterocycles. The Morgan fingerprint density at radius 2 is 1.32 bits per heavy atom. The van der Waals surface area contributed by atoms with Crippen LogP contribution in [-0.2, 0) is 41.5 Å². The molecule has 0 amide bonds. The van der Waals surface area contributed by atoms with Gasteiger partial charge in [-0.25, -0.2) is 6.08 Å². The van der Waals surface area contributed by atoms with Crippen LogP contribution in [0.3, 0.4) is 0 Å². The van der Waals surface area contributed by atoms with Crippen molar-refractivity contribution in [3.05, 3.63) is 82.5 Å². The minimum absolute atomic E-state index is 0. The van der Waals surface area contributed by atoms with E-state index in [1.807, 2.05) is 0 Å². The van der Waals surface area contributed by atoms with E-state index >= 15 is 0 Å². The van der Waals surface area contributed by atoms with Gasteiger partial charge >= 0.3 is 41.3 Å². The van der Waals surface area contributed by atoms with Crippen LogP contribution in [0.25, 0.3) is 11.1 Å². The summed E-state index contributed by atoms with van der Waals surface area (Å²) in [6.07, 6.45) is 8.68. The van der Waals surface area contributed by atoms with E-state index < -0.39 is 0 Å². The summed E-state index contributed by atoms with van der Waals surface area (Å²) >= 11 is 1.55. The van der Waals surface area contributed by atoms with E-state index in [1.54, 1.807) is 24.2 Å². The molecule has 0 N–H and O–H groups in total. The average molecular weight is 619 g/mol. The van der Waals surface area contributed by atoms with E-state index in [0.29, 0.717) is 11.3 Å². The van der Waals surface area contributed by atoms with Crippen molar-refractivity contribution >= 4 is 28.0 Å². The van der Waals surface area contributed by atoms with Gasteiger partial charge in [0.15, 0.2) is 0 Å². The van der Waals surface area contributed by atoms with E-state index in [1.165, 1.54) is 42.2 Å². The first kappa shape index (κ1) is 36.3. The van der Waals surface area contributed by atoms with Crippen LogP contribution in [0.2, 0.25) is 0 Å². The molecule has 1 atom stereocenters. The molecule has 0 bridgehead atoms. The summed E-state index contributed by atoms with van der Waals surface area (Å²) in [6, 6.07) is 15.1. The standard InChI is InChI=1S/C21H25.C10H15.C3H6.2ClH.Zr/c1-20(2,3)16-9-7-14-11-15-8-10-17(21(4,5)6)13-19(15)18(14)12-16;1-8-5-6-9(7-8)10(2,3)4;1-3-2;;;/h7,9-10,12-13H,11H2,1-6H3;6-8H,1-4H3;1-2H3;2*1H;/q2*-1;;;;+2. The molecule has 2 aliphatic carbocycles. The van der Waals surface area contributed by atoms with Gasteiger partial charge in [0.1, 0.15) is 0 Å². The predicted molar refractivity (Wildman–Crippen MR) is 166 cm³/mol. The maximum atomic E-state index is 3.53. The van der Waals surface area contributed by atoms with Crippen LogP contribution in [0, 0.1) is 23.5 Å². The van der Waals surface area contributed by atoms with Crippen molar-refractivity contribution in [2.24, 2.45) is 11.3 Å². The summed E-state index contributed by atoms with van der Waals surface area (Å²) in [5, 5.41) is 0. The van der Waals surface area contributed by atoms with Crippen molar-refractivity contribution in [3.8, 4) is 11.1 Å². The van der Waals surface area contributed by atoms with Crippen molar-refractivity contribution in [3.63, 3.8) is 0 Å². The monoisotopic (exact) mass is 616 g/mol. The number of hydrogen-bond donors (Lipinski definition) is 0. The maximum absolute atomic E-state index is 3.53. The van der Waals surface area contributed by atoms with E-state index in [2.05, 4.69) is 138 Å². The third-order valence-corrected chi connectivity index (χ3v) is 6.32. The number of allylic oxidation sites excluding steroid dienone is 4. The van der Waals surface area contributed by atoms with E-state index in [-0.39, 0.29) is 35.6 Å². The van der Waals surface area contributed by atoms with E-state index in [0.717, 1.165) is 6.42 Å². The third kappa shape index (κ3) is 10.7. The maximum Gasteiger partial charge on any atom is -0.147 e. The minimum Gasteiger partial charge on any atom is -0.147 e. The Morgan fingerprint density at radius 3 is 1.73 bits per heavy atom. The van der Waals surface area contributed by atoms with Gasteiger partial charge in [0.25, 0.3) is 0 Å². The average Bonchev–Trinajstić information content (AvgIpc) is 3.29. The molecule has 202 valence electrons. The molecule has 0 spiro atoms. The zero-order chi connectivity index (χ0) is 26.8. The quantitative estimate of drug-likeness (QED) is 0.220. The van der Waals surface area contributed by atoms with Gasteiger partial charge in [-0.15, -0.1) is 30.4 Å². The van der Waals surface area contributed by atoms with E-state index in [9.17, 15) is 0 Å². The normalized spacial score (nSPS) is 15.5. The second kappa shape index (κ2) is 14.1. The smallest absolute Gasteiger partial charge is 0.147 e. The third-order valence-electron chi connectivity index (χ3n) is 6.32. The molecule has 0 fully saturated rings. The van der Waals surface area contributed by atoms with Crippen LogP contribution >= 0.6 is 24.8 Å². The van der Waals surface area contributed by atoms with Crippen LogP contribution in [0.15, 0.2) is 48.1 Å². The van der Waals surface area contributed by atoms with Gasteiger partial charge in [-0.05, 0) is 17.4 Å². The van der Waals surface area contributed by atoms with Crippen molar-refractivity contribution in [2.75, 3.05) is 0 Å². The van der Waals surface area contributed by atoms with Gasteiger partial charge in [0.2, 0.25) is 0 Å². The summed E-state index contributed by atoms with van der Waals surface area (Å²) in [5.41, 5.74) is 10.5. The molecule has 2 aromatic rings. The largest absolute Gasteiger partial charge is 0.147 e. The summed E-state index contributed by atoms with van der Waals surface area (Å²) in [7, 11) is 0. The van der Waals surface area contributed by atoms with Crippen LogP contribution in [-0.4, -0.2) is 3.21 Å². The van der Waals surface area contributed by atoms with Gasteiger partial charge in [0, 0.05) is 0 Å². The molecule has 0 heterocycles. The molecule has 0 radical (unpaired) electrons. The Kier molecular flexibility index (Phi) is 13.8. The number of hydrogen-bond acceptors (Lipinski definition) is 0.